The van der Waals surface area contributed by atoms with Crippen LogP contribution in [-0.2, 0) is 12.6 Å². The lowest BCUT2D eigenvalue weighted by Gasteiger charge is -2.26. The van der Waals surface area contributed by atoms with Gasteiger partial charge >= 0.3 is 12.2 Å². The highest BCUT2D eigenvalue weighted by Crippen LogP contribution is 2.41. The van der Waals surface area contributed by atoms with Gasteiger partial charge in [0.25, 0.3) is 0 Å². The summed E-state index contributed by atoms with van der Waals surface area (Å²) in [7, 11) is 5.58. The predicted molar refractivity (Wildman–Crippen MR) is 171 cm³/mol. The monoisotopic (exact) mass is 641 g/mol. The van der Waals surface area contributed by atoms with Gasteiger partial charge in [0, 0.05) is 38.1 Å². The number of nitrogens with zero attached hydrogens (tertiary/aromatic N) is 5. The van der Waals surface area contributed by atoms with Crippen LogP contribution in [0.1, 0.15) is 30.3 Å². The van der Waals surface area contributed by atoms with E-state index in [1.807, 2.05) is 32.0 Å². The maximum atomic E-state index is 13.6. The molecule has 238 valence electrons. The van der Waals surface area contributed by atoms with E-state index in [1.165, 1.54) is 0 Å². The first kappa shape index (κ1) is 33.5. The molecule has 13 heteroatoms. The summed E-state index contributed by atoms with van der Waals surface area (Å²) in [5.74, 6) is 1.54. The van der Waals surface area contributed by atoms with Crippen molar-refractivity contribution in [2.24, 2.45) is 0 Å². The van der Waals surface area contributed by atoms with Crippen molar-refractivity contribution in [2.45, 2.75) is 32.9 Å². The number of anilines is 3. The summed E-state index contributed by atoms with van der Waals surface area (Å²) in [4.78, 5) is 30.0. The van der Waals surface area contributed by atoms with Gasteiger partial charge in [0.15, 0.2) is 0 Å². The van der Waals surface area contributed by atoms with Gasteiger partial charge in [0.05, 0.1) is 33.2 Å². The normalized spacial score (nSPS) is 11.4. The van der Waals surface area contributed by atoms with Crippen LogP contribution >= 0.6 is 11.6 Å². The molecule has 0 aliphatic heterocycles. The van der Waals surface area contributed by atoms with E-state index in [1.54, 1.807) is 61.6 Å². The lowest BCUT2D eigenvalue weighted by molar-refractivity contribution is -0.137. The Labute approximate surface area is 265 Å². The minimum atomic E-state index is -4.65. The third-order valence-electron chi connectivity index (χ3n) is 6.83. The number of amides is 2. The zero-order valence-electron chi connectivity index (χ0n) is 25.7. The van der Waals surface area contributed by atoms with Crippen molar-refractivity contribution < 1.29 is 22.7 Å². The summed E-state index contributed by atoms with van der Waals surface area (Å²) in [6.07, 6.45) is 0.0728. The summed E-state index contributed by atoms with van der Waals surface area (Å²) in [5.41, 5.74) is 1.72. The number of alkyl halides is 3. The second-order valence-corrected chi connectivity index (χ2v) is 11.1. The van der Waals surface area contributed by atoms with Gasteiger partial charge in [-0.1, -0.05) is 18.5 Å². The fourth-order valence-corrected chi connectivity index (χ4v) is 4.96. The molecule has 0 atom stereocenters. The lowest BCUT2D eigenvalue weighted by Crippen LogP contribution is -2.26. The van der Waals surface area contributed by atoms with Crippen molar-refractivity contribution in [3.8, 4) is 22.9 Å². The van der Waals surface area contributed by atoms with Crippen LogP contribution in [0.3, 0.4) is 0 Å². The number of pyridine rings is 1. The van der Waals surface area contributed by atoms with Crippen molar-refractivity contribution >= 4 is 34.7 Å². The number of rotatable bonds is 11. The molecule has 4 aromatic rings. The molecule has 2 N–H and O–H groups in total. The number of benzene rings is 2. The summed E-state index contributed by atoms with van der Waals surface area (Å²) in [5, 5.41) is 5.13. The van der Waals surface area contributed by atoms with Crippen LogP contribution in [0, 0.1) is 6.92 Å². The number of hydrogen-bond donors (Lipinski definition) is 2. The first-order valence-corrected chi connectivity index (χ1v) is 14.6. The molecule has 0 spiro atoms. The Kier molecular flexibility index (Phi) is 10.8. The number of nitrogens with one attached hydrogen (secondary N) is 2. The van der Waals surface area contributed by atoms with Crippen LogP contribution in [0.4, 0.5) is 35.0 Å². The summed E-state index contributed by atoms with van der Waals surface area (Å²) >= 11 is 6.34. The fourth-order valence-electron chi connectivity index (χ4n) is 4.60. The molecule has 0 bridgehead atoms. The van der Waals surface area contributed by atoms with E-state index >= 15 is 0 Å². The number of aromatic nitrogens is 3. The van der Waals surface area contributed by atoms with E-state index < -0.39 is 17.8 Å². The van der Waals surface area contributed by atoms with Crippen LogP contribution < -0.4 is 20.3 Å². The van der Waals surface area contributed by atoms with E-state index in [4.69, 9.17) is 16.3 Å². The van der Waals surface area contributed by atoms with Crippen molar-refractivity contribution in [3.63, 3.8) is 0 Å². The van der Waals surface area contributed by atoms with Crippen LogP contribution in [0.5, 0.6) is 11.6 Å². The molecule has 0 aliphatic rings. The predicted octanol–water partition coefficient (Wildman–Crippen LogP) is 7.91. The van der Waals surface area contributed by atoms with Crippen molar-refractivity contribution in [1.29, 1.82) is 0 Å². The van der Waals surface area contributed by atoms with E-state index in [9.17, 15) is 18.0 Å². The van der Waals surface area contributed by atoms with E-state index in [0.717, 1.165) is 25.1 Å². The summed E-state index contributed by atoms with van der Waals surface area (Å²) in [6, 6.07) is 11.4. The number of halogens is 4. The molecule has 0 radical (unpaired) electrons. The van der Waals surface area contributed by atoms with Crippen molar-refractivity contribution in [1.82, 2.24) is 19.9 Å². The van der Waals surface area contributed by atoms with Gasteiger partial charge in [0.1, 0.15) is 11.6 Å². The average Bonchev–Trinajstić information content (AvgIpc) is 2.98. The number of carbonyl (C=O) groups is 1. The Balaban J connectivity index is 1.53. The standard InChI is InChI=1S/C32H35ClF3N7O2/c1-6-28-37-14-12-25(40-28)23-9-7-13-38-30(23)45-27-11-10-22(17-20(27)2)39-31(44)41-26-19-21(32(34,35)36)18-24(33)29(26)43(5)16-8-15-42(3)4/h7,9-14,17-19H,6,8,15-16H2,1-5H3,(H2,39,41,44). The number of aryl methyl sites for hydroxylation is 2. The molecular formula is C32H35ClF3N7O2. The number of urea groups is 1. The quantitative estimate of drug-likeness (QED) is 0.172. The van der Waals surface area contributed by atoms with Crippen molar-refractivity contribution in [3.05, 3.63) is 82.9 Å². The minimum Gasteiger partial charge on any atom is -0.438 e. The Morgan fingerprint density at radius 3 is 2.47 bits per heavy atom. The van der Waals surface area contributed by atoms with Gasteiger partial charge in [-0.25, -0.2) is 19.7 Å². The Morgan fingerprint density at radius 1 is 1.00 bits per heavy atom. The molecule has 2 heterocycles. The molecule has 0 saturated heterocycles. The second kappa shape index (κ2) is 14.6. The van der Waals surface area contributed by atoms with Crippen LogP contribution in [0.25, 0.3) is 11.3 Å². The third-order valence-corrected chi connectivity index (χ3v) is 7.12. The van der Waals surface area contributed by atoms with Crippen LogP contribution in [-0.4, -0.2) is 60.1 Å². The molecular weight excluding hydrogens is 607 g/mol. The minimum absolute atomic E-state index is 0.0602. The van der Waals surface area contributed by atoms with Gasteiger partial charge in [-0.15, -0.1) is 0 Å². The highest BCUT2D eigenvalue weighted by Gasteiger charge is 2.33. The Bertz CT molecular complexity index is 1650. The molecule has 45 heavy (non-hydrogen) atoms. The largest absolute Gasteiger partial charge is 0.438 e. The molecule has 0 fully saturated rings. The molecule has 2 aromatic heterocycles. The Hall–Kier alpha value is -4.42. The van der Waals surface area contributed by atoms with E-state index in [2.05, 4.69) is 25.6 Å². The molecule has 0 unspecified atom stereocenters. The van der Waals surface area contributed by atoms with E-state index in [-0.39, 0.29) is 10.7 Å². The molecule has 4 rings (SSSR count). The topological polar surface area (TPSA) is 95.5 Å². The third kappa shape index (κ3) is 8.83. The molecule has 0 aliphatic carbocycles. The lowest BCUT2D eigenvalue weighted by atomic mass is 10.1. The van der Waals surface area contributed by atoms with Crippen molar-refractivity contribution in [2.75, 3.05) is 49.8 Å². The summed E-state index contributed by atoms with van der Waals surface area (Å²) in [6.45, 7) is 5.05. The highest BCUT2D eigenvalue weighted by molar-refractivity contribution is 6.34. The number of hydrogen-bond acceptors (Lipinski definition) is 7. The Morgan fingerprint density at radius 2 is 1.78 bits per heavy atom. The maximum absolute atomic E-state index is 13.6. The first-order chi connectivity index (χ1) is 21.3. The smallest absolute Gasteiger partial charge is 0.416 e. The van der Waals surface area contributed by atoms with Gasteiger partial charge in [0.2, 0.25) is 5.88 Å². The fraction of sp³-hybridized carbons (Fsp3) is 0.312. The average molecular weight is 642 g/mol. The molecule has 0 saturated carbocycles. The highest BCUT2D eigenvalue weighted by atomic mass is 35.5. The first-order valence-electron chi connectivity index (χ1n) is 14.3. The summed E-state index contributed by atoms with van der Waals surface area (Å²) < 4.78 is 47.0. The van der Waals surface area contributed by atoms with E-state index in [0.29, 0.717) is 58.6 Å². The molecule has 9 nitrogen and oxygen atoms in total. The molecule has 2 amide bonds. The number of ether oxygens (including phenoxy) is 1. The van der Waals surface area contributed by atoms with Crippen LogP contribution in [0.2, 0.25) is 5.02 Å². The van der Waals surface area contributed by atoms with Gasteiger partial charge in [-0.3, -0.25) is 0 Å². The molecule has 2 aromatic carbocycles. The zero-order chi connectivity index (χ0) is 32.7. The van der Waals surface area contributed by atoms with Crippen LogP contribution in [0.15, 0.2) is 60.9 Å². The maximum Gasteiger partial charge on any atom is 0.416 e. The SMILES string of the molecule is CCc1nccc(-c2cccnc2Oc2ccc(NC(=O)Nc3cc(C(F)(F)F)cc(Cl)c3N(C)CCCN(C)C)cc2C)n1. The second-order valence-electron chi connectivity index (χ2n) is 10.7. The number of carbonyl (C=O) groups excluding carboxylic acids is 1. The zero-order valence-corrected chi connectivity index (χ0v) is 26.4. The van der Waals surface area contributed by atoms with Gasteiger partial charge < -0.3 is 25.2 Å². The van der Waals surface area contributed by atoms with Gasteiger partial charge in [-0.05, 0) is 88.1 Å². The van der Waals surface area contributed by atoms with Gasteiger partial charge in [-0.2, -0.15) is 13.2 Å².